The number of benzene rings is 1. The molecular formula is C24H22N4O4. The number of methoxy groups -OCH3 is 2. The van der Waals surface area contributed by atoms with Crippen molar-refractivity contribution in [2.24, 2.45) is 5.73 Å². The zero-order valence-electron chi connectivity index (χ0n) is 18.0. The Morgan fingerprint density at radius 2 is 2.00 bits per heavy atom. The van der Waals surface area contributed by atoms with Gasteiger partial charge in [-0.1, -0.05) is 12.1 Å². The number of nitriles is 1. The highest BCUT2D eigenvalue weighted by Gasteiger charge is 2.34. The average Bonchev–Trinajstić information content (AvgIpc) is 2.81. The second-order valence-corrected chi connectivity index (χ2v) is 7.36. The predicted octanol–water partition coefficient (Wildman–Crippen LogP) is 2.84. The number of fused-ring (bicyclic) bond motifs is 1. The highest BCUT2D eigenvalue weighted by molar-refractivity contribution is 5.57. The summed E-state index contributed by atoms with van der Waals surface area (Å²) in [4.78, 5) is 17.8. The molecule has 162 valence electrons. The zero-order chi connectivity index (χ0) is 22.8. The highest BCUT2D eigenvalue weighted by atomic mass is 16.5. The molecule has 0 saturated carbocycles. The second-order valence-electron chi connectivity index (χ2n) is 7.36. The first-order valence-corrected chi connectivity index (χ1v) is 9.91. The Morgan fingerprint density at radius 3 is 2.66 bits per heavy atom. The Labute approximate surface area is 185 Å². The fraction of sp³-hybridized carbons (Fsp3) is 0.208. The van der Waals surface area contributed by atoms with Crippen LogP contribution in [-0.2, 0) is 6.54 Å². The lowest BCUT2D eigenvalue weighted by atomic mass is 9.84. The third-order valence-electron chi connectivity index (χ3n) is 5.49. The third-order valence-corrected chi connectivity index (χ3v) is 5.49. The molecule has 2 N–H and O–H groups in total. The number of pyridine rings is 2. The molecule has 0 aliphatic carbocycles. The van der Waals surface area contributed by atoms with Crippen molar-refractivity contribution in [3.05, 3.63) is 93.0 Å². The van der Waals surface area contributed by atoms with Crippen LogP contribution in [0.15, 0.2) is 65.0 Å². The van der Waals surface area contributed by atoms with Crippen molar-refractivity contribution in [1.82, 2.24) is 9.55 Å². The molecule has 1 unspecified atom stereocenters. The maximum Gasteiger partial charge on any atom is 0.259 e. The first-order valence-electron chi connectivity index (χ1n) is 9.91. The number of aromatic nitrogens is 2. The van der Waals surface area contributed by atoms with Crippen LogP contribution in [0.1, 0.15) is 28.3 Å². The van der Waals surface area contributed by atoms with E-state index in [1.807, 2.05) is 19.1 Å². The Bertz CT molecular complexity index is 1310. The van der Waals surface area contributed by atoms with Gasteiger partial charge in [-0.25, -0.2) is 0 Å². The van der Waals surface area contributed by atoms with Crippen LogP contribution in [0.4, 0.5) is 0 Å². The first kappa shape index (κ1) is 21.0. The number of hydrogen-bond donors (Lipinski definition) is 1. The Balaban J connectivity index is 1.93. The van der Waals surface area contributed by atoms with E-state index in [9.17, 15) is 10.1 Å². The van der Waals surface area contributed by atoms with Crippen molar-refractivity contribution >= 4 is 0 Å². The van der Waals surface area contributed by atoms with Crippen LogP contribution in [0.25, 0.3) is 0 Å². The lowest BCUT2D eigenvalue weighted by molar-refractivity contribution is 0.354. The molecule has 1 atom stereocenters. The van der Waals surface area contributed by atoms with Crippen LogP contribution >= 0.6 is 0 Å². The van der Waals surface area contributed by atoms with Crippen molar-refractivity contribution in [2.75, 3.05) is 14.2 Å². The van der Waals surface area contributed by atoms with Gasteiger partial charge in [-0.05, 0) is 36.2 Å². The van der Waals surface area contributed by atoms with Crippen LogP contribution in [0.5, 0.6) is 17.2 Å². The highest BCUT2D eigenvalue weighted by Crippen LogP contribution is 2.42. The van der Waals surface area contributed by atoms with Gasteiger partial charge in [-0.3, -0.25) is 9.78 Å². The van der Waals surface area contributed by atoms with Gasteiger partial charge in [0.2, 0.25) is 5.88 Å². The third kappa shape index (κ3) is 3.54. The molecular weight excluding hydrogens is 408 g/mol. The van der Waals surface area contributed by atoms with Crippen LogP contribution in [0.3, 0.4) is 0 Å². The van der Waals surface area contributed by atoms with Gasteiger partial charge in [-0.2, -0.15) is 5.26 Å². The van der Waals surface area contributed by atoms with Crippen LogP contribution in [0.2, 0.25) is 0 Å². The van der Waals surface area contributed by atoms with Gasteiger partial charge in [0, 0.05) is 24.2 Å². The summed E-state index contributed by atoms with van der Waals surface area (Å²) in [6, 6.07) is 12.9. The summed E-state index contributed by atoms with van der Waals surface area (Å²) in [7, 11) is 3.07. The lowest BCUT2D eigenvalue weighted by Crippen LogP contribution is -2.33. The van der Waals surface area contributed by atoms with Gasteiger partial charge in [0.1, 0.15) is 17.4 Å². The van der Waals surface area contributed by atoms with Gasteiger partial charge < -0.3 is 24.5 Å². The molecule has 0 spiro atoms. The van der Waals surface area contributed by atoms with Crippen molar-refractivity contribution in [3.63, 3.8) is 0 Å². The molecule has 0 radical (unpaired) electrons. The molecule has 0 bridgehead atoms. The molecule has 0 amide bonds. The number of nitrogens with two attached hydrogens (primary N) is 1. The number of hydrogen-bond acceptors (Lipinski definition) is 7. The summed E-state index contributed by atoms with van der Waals surface area (Å²) in [5, 5.41) is 9.86. The number of ether oxygens (including phenoxy) is 3. The topological polar surface area (TPSA) is 112 Å². The van der Waals surface area contributed by atoms with E-state index in [2.05, 4.69) is 11.1 Å². The fourth-order valence-corrected chi connectivity index (χ4v) is 3.92. The molecule has 0 saturated heterocycles. The molecule has 32 heavy (non-hydrogen) atoms. The van der Waals surface area contributed by atoms with Crippen molar-refractivity contribution in [1.29, 1.82) is 5.26 Å². The quantitative estimate of drug-likeness (QED) is 0.662. The Morgan fingerprint density at radius 1 is 1.22 bits per heavy atom. The SMILES string of the molecule is COc1ccc(C2C(C#N)=C(N)Oc3cc(C)n(Cc4cccnc4)c(=O)c32)cc1OC. The molecule has 0 fully saturated rings. The van der Waals surface area contributed by atoms with E-state index in [0.717, 1.165) is 5.56 Å². The van der Waals surface area contributed by atoms with Gasteiger partial charge in [-0.15, -0.1) is 0 Å². The van der Waals surface area contributed by atoms with E-state index in [1.165, 1.54) is 7.11 Å². The van der Waals surface area contributed by atoms with Crippen molar-refractivity contribution in [2.45, 2.75) is 19.4 Å². The van der Waals surface area contributed by atoms with Crippen molar-refractivity contribution < 1.29 is 14.2 Å². The molecule has 8 nitrogen and oxygen atoms in total. The molecule has 3 heterocycles. The second kappa shape index (κ2) is 8.47. The zero-order valence-corrected chi connectivity index (χ0v) is 18.0. The van der Waals surface area contributed by atoms with Gasteiger partial charge in [0.05, 0.1) is 32.2 Å². The maximum absolute atomic E-state index is 13.7. The fourth-order valence-electron chi connectivity index (χ4n) is 3.92. The smallest absolute Gasteiger partial charge is 0.259 e. The monoisotopic (exact) mass is 430 g/mol. The van der Waals surface area contributed by atoms with Crippen LogP contribution in [0, 0.1) is 18.3 Å². The summed E-state index contributed by atoms with van der Waals surface area (Å²) in [6.07, 6.45) is 3.39. The summed E-state index contributed by atoms with van der Waals surface area (Å²) in [5.74, 6) is 0.625. The number of aryl methyl sites for hydroxylation is 1. The average molecular weight is 430 g/mol. The molecule has 1 aliphatic heterocycles. The normalized spacial score (nSPS) is 14.9. The number of nitrogens with zero attached hydrogens (tertiary/aromatic N) is 3. The minimum absolute atomic E-state index is 0.0244. The molecule has 1 aromatic carbocycles. The number of allylic oxidation sites excluding steroid dienone is 1. The molecule has 8 heteroatoms. The minimum atomic E-state index is -0.711. The summed E-state index contributed by atoms with van der Waals surface area (Å²) < 4.78 is 18.1. The van der Waals surface area contributed by atoms with Crippen molar-refractivity contribution in [3.8, 4) is 23.3 Å². The lowest BCUT2D eigenvalue weighted by Gasteiger charge is -2.27. The number of rotatable bonds is 5. The van der Waals surface area contributed by atoms with E-state index in [1.54, 1.807) is 48.3 Å². The Kier molecular flexibility index (Phi) is 5.56. The largest absolute Gasteiger partial charge is 0.493 e. The van der Waals surface area contributed by atoms with E-state index >= 15 is 0 Å². The minimum Gasteiger partial charge on any atom is -0.493 e. The molecule has 3 aromatic rings. The van der Waals surface area contributed by atoms with Gasteiger partial charge in [0.25, 0.3) is 5.56 Å². The van der Waals surface area contributed by atoms with E-state index in [0.29, 0.717) is 40.6 Å². The Hall–Kier alpha value is -4.25. The first-order chi connectivity index (χ1) is 15.5. The molecule has 1 aliphatic rings. The van der Waals surface area contributed by atoms with E-state index in [4.69, 9.17) is 19.9 Å². The van der Waals surface area contributed by atoms with E-state index in [-0.39, 0.29) is 17.0 Å². The van der Waals surface area contributed by atoms with Crippen LogP contribution in [-0.4, -0.2) is 23.8 Å². The molecule has 2 aromatic heterocycles. The summed E-state index contributed by atoms with van der Waals surface area (Å²) in [6.45, 7) is 2.16. The van der Waals surface area contributed by atoms with Gasteiger partial charge >= 0.3 is 0 Å². The maximum atomic E-state index is 13.7. The molecule has 4 rings (SSSR count). The van der Waals surface area contributed by atoms with E-state index < -0.39 is 5.92 Å². The predicted molar refractivity (Wildman–Crippen MR) is 118 cm³/mol. The standard InChI is InChI=1S/C24H22N4O4/c1-14-9-20-22(24(29)28(14)13-15-5-4-8-27-12-15)21(17(11-25)23(26)32-20)16-6-7-18(30-2)19(10-16)31-3/h4-10,12,21H,13,26H2,1-3H3. The summed E-state index contributed by atoms with van der Waals surface area (Å²) >= 11 is 0. The van der Waals surface area contributed by atoms with Crippen LogP contribution < -0.4 is 25.5 Å². The summed E-state index contributed by atoms with van der Waals surface area (Å²) in [5.41, 5.74) is 8.59. The van der Waals surface area contributed by atoms with Gasteiger partial charge in [0.15, 0.2) is 11.5 Å².